The smallest absolute Gasteiger partial charge is 0.316 e. The van der Waals surface area contributed by atoms with E-state index in [0.717, 1.165) is 22.6 Å². The first-order valence-electron chi connectivity index (χ1n) is 5.26. The lowest BCUT2D eigenvalue weighted by Crippen LogP contribution is -1.94. The van der Waals surface area contributed by atoms with Gasteiger partial charge in [0, 0.05) is 11.8 Å². The molecule has 0 spiro atoms. The van der Waals surface area contributed by atoms with Gasteiger partial charge >= 0.3 is 6.01 Å². The van der Waals surface area contributed by atoms with Gasteiger partial charge in [0.25, 0.3) is 0 Å². The van der Waals surface area contributed by atoms with Crippen LogP contribution in [0, 0.1) is 6.92 Å². The summed E-state index contributed by atoms with van der Waals surface area (Å²) in [4.78, 5) is 8.27. The first-order valence-corrected chi connectivity index (χ1v) is 5.26. The number of methoxy groups -OCH3 is 2. The van der Waals surface area contributed by atoms with Crippen LogP contribution in [0.5, 0.6) is 11.8 Å². The molecule has 0 atom stereocenters. The van der Waals surface area contributed by atoms with Crippen molar-refractivity contribution in [2.24, 2.45) is 0 Å². The molecule has 4 nitrogen and oxygen atoms in total. The van der Waals surface area contributed by atoms with Crippen LogP contribution in [-0.2, 0) is 0 Å². The molecule has 0 saturated heterocycles. The molecule has 88 valence electrons. The zero-order chi connectivity index (χ0) is 12.3. The van der Waals surface area contributed by atoms with Gasteiger partial charge in [0.1, 0.15) is 5.75 Å². The SMILES string of the molecule is COc1nccc(-c2ccc(OC)c(C)c2)n1. The van der Waals surface area contributed by atoms with Gasteiger partial charge in [-0.1, -0.05) is 0 Å². The van der Waals surface area contributed by atoms with E-state index < -0.39 is 0 Å². The number of benzene rings is 1. The Hall–Kier alpha value is -2.10. The quantitative estimate of drug-likeness (QED) is 0.812. The molecular formula is C13H14N2O2. The predicted molar refractivity (Wildman–Crippen MR) is 65.3 cm³/mol. The highest BCUT2D eigenvalue weighted by Crippen LogP contribution is 2.25. The Balaban J connectivity index is 2.42. The number of aryl methyl sites for hydroxylation is 1. The van der Waals surface area contributed by atoms with Crippen LogP contribution >= 0.6 is 0 Å². The third-order valence-corrected chi connectivity index (χ3v) is 2.51. The number of ether oxygens (including phenoxy) is 2. The van der Waals surface area contributed by atoms with Crippen molar-refractivity contribution in [1.82, 2.24) is 9.97 Å². The molecule has 1 aromatic carbocycles. The lowest BCUT2D eigenvalue weighted by Gasteiger charge is -2.07. The van der Waals surface area contributed by atoms with Gasteiger partial charge in [0.2, 0.25) is 0 Å². The fraction of sp³-hybridized carbons (Fsp3) is 0.231. The first kappa shape index (κ1) is 11.4. The Morgan fingerprint density at radius 3 is 2.53 bits per heavy atom. The summed E-state index contributed by atoms with van der Waals surface area (Å²) < 4.78 is 10.2. The zero-order valence-corrected chi connectivity index (χ0v) is 10.1. The summed E-state index contributed by atoms with van der Waals surface area (Å²) in [7, 11) is 3.22. The monoisotopic (exact) mass is 230 g/mol. The Morgan fingerprint density at radius 2 is 1.88 bits per heavy atom. The van der Waals surface area contributed by atoms with Gasteiger partial charge in [0.05, 0.1) is 19.9 Å². The summed E-state index contributed by atoms with van der Waals surface area (Å²) in [5.74, 6) is 0.870. The molecule has 2 rings (SSSR count). The Kier molecular flexibility index (Phi) is 3.23. The Bertz CT molecular complexity index is 527. The van der Waals surface area contributed by atoms with Crippen LogP contribution in [0.4, 0.5) is 0 Å². The van der Waals surface area contributed by atoms with Crippen LogP contribution in [0.3, 0.4) is 0 Å². The molecule has 0 saturated carbocycles. The highest BCUT2D eigenvalue weighted by Gasteiger charge is 2.05. The average Bonchev–Trinajstić information content (AvgIpc) is 2.38. The van der Waals surface area contributed by atoms with Crippen LogP contribution in [0.25, 0.3) is 11.3 Å². The average molecular weight is 230 g/mol. The molecule has 0 aliphatic carbocycles. The second-order valence-electron chi connectivity index (χ2n) is 3.61. The zero-order valence-electron chi connectivity index (χ0n) is 10.1. The number of hydrogen-bond acceptors (Lipinski definition) is 4. The highest BCUT2D eigenvalue weighted by molar-refractivity contribution is 5.61. The van der Waals surface area contributed by atoms with Crippen LogP contribution in [0.15, 0.2) is 30.5 Å². The van der Waals surface area contributed by atoms with E-state index in [4.69, 9.17) is 9.47 Å². The number of rotatable bonds is 3. The summed E-state index contributed by atoms with van der Waals surface area (Å²) >= 11 is 0. The Labute approximate surface area is 100 Å². The van der Waals surface area contributed by atoms with Crippen LogP contribution in [-0.4, -0.2) is 24.2 Å². The molecule has 0 aliphatic heterocycles. The molecule has 0 bridgehead atoms. The van der Waals surface area contributed by atoms with Crippen molar-refractivity contribution >= 4 is 0 Å². The first-order chi connectivity index (χ1) is 8.24. The predicted octanol–water partition coefficient (Wildman–Crippen LogP) is 2.47. The third-order valence-electron chi connectivity index (χ3n) is 2.51. The molecule has 0 amide bonds. The molecule has 0 aliphatic rings. The molecule has 1 heterocycles. The van der Waals surface area contributed by atoms with E-state index in [-0.39, 0.29) is 0 Å². The largest absolute Gasteiger partial charge is 0.496 e. The van der Waals surface area contributed by atoms with E-state index in [0.29, 0.717) is 6.01 Å². The Morgan fingerprint density at radius 1 is 1.06 bits per heavy atom. The minimum absolute atomic E-state index is 0.371. The summed E-state index contributed by atoms with van der Waals surface area (Å²) in [5, 5.41) is 0. The van der Waals surface area contributed by atoms with Gasteiger partial charge < -0.3 is 9.47 Å². The van der Waals surface area contributed by atoms with E-state index >= 15 is 0 Å². The van der Waals surface area contributed by atoms with Gasteiger partial charge in [-0.3, -0.25) is 0 Å². The lowest BCUT2D eigenvalue weighted by molar-refractivity contribution is 0.380. The van der Waals surface area contributed by atoms with Crippen molar-refractivity contribution in [2.45, 2.75) is 6.92 Å². The van der Waals surface area contributed by atoms with Crippen molar-refractivity contribution < 1.29 is 9.47 Å². The fourth-order valence-corrected chi connectivity index (χ4v) is 1.64. The second kappa shape index (κ2) is 4.82. The molecule has 1 aromatic heterocycles. The van der Waals surface area contributed by atoms with Crippen molar-refractivity contribution in [3.05, 3.63) is 36.0 Å². The summed E-state index contributed by atoms with van der Waals surface area (Å²) in [6, 6.07) is 8.15. The number of hydrogen-bond donors (Lipinski definition) is 0. The molecule has 0 radical (unpaired) electrons. The normalized spacial score (nSPS) is 10.1. The van der Waals surface area contributed by atoms with Gasteiger partial charge in [-0.05, 0) is 36.8 Å². The van der Waals surface area contributed by atoms with Gasteiger partial charge in [-0.25, -0.2) is 4.98 Å². The third kappa shape index (κ3) is 2.36. The fourth-order valence-electron chi connectivity index (χ4n) is 1.64. The van der Waals surface area contributed by atoms with Crippen molar-refractivity contribution in [3.63, 3.8) is 0 Å². The van der Waals surface area contributed by atoms with Gasteiger partial charge in [-0.15, -0.1) is 0 Å². The number of aromatic nitrogens is 2. The van der Waals surface area contributed by atoms with E-state index in [2.05, 4.69) is 9.97 Å². The summed E-state index contributed by atoms with van der Waals surface area (Å²) in [6.45, 7) is 2.00. The lowest BCUT2D eigenvalue weighted by atomic mass is 10.1. The molecule has 4 heteroatoms. The maximum Gasteiger partial charge on any atom is 0.316 e. The van der Waals surface area contributed by atoms with Crippen molar-refractivity contribution in [2.75, 3.05) is 14.2 Å². The van der Waals surface area contributed by atoms with Gasteiger partial charge in [-0.2, -0.15) is 4.98 Å². The van der Waals surface area contributed by atoms with Crippen LogP contribution in [0.1, 0.15) is 5.56 Å². The standard InChI is InChI=1S/C13H14N2O2/c1-9-8-10(4-5-12(9)16-2)11-6-7-14-13(15-11)17-3/h4-8H,1-3H3. The maximum atomic E-state index is 5.22. The van der Waals surface area contributed by atoms with Crippen molar-refractivity contribution in [1.29, 1.82) is 0 Å². The molecule has 2 aromatic rings. The molecule has 0 fully saturated rings. The molecular weight excluding hydrogens is 216 g/mol. The second-order valence-corrected chi connectivity index (χ2v) is 3.61. The molecule has 17 heavy (non-hydrogen) atoms. The minimum atomic E-state index is 0.371. The highest BCUT2D eigenvalue weighted by atomic mass is 16.5. The van der Waals surface area contributed by atoms with E-state index in [1.807, 2.05) is 31.2 Å². The van der Waals surface area contributed by atoms with E-state index in [1.165, 1.54) is 0 Å². The van der Waals surface area contributed by atoms with Crippen molar-refractivity contribution in [3.8, 4) is 23.0 Å². The van der Waals surface area contributed by atoms with Crippen LogP contribution < -0.4 is 9.47 Å². The molecule has 0 N–H and O–H groups in total. The maximum absolute atomic E-state index is 5.22. The summed E-state index contributed by atoms with van der Waals surface area (Å²) in [6.07, 6.45) is 1.68. The van der Waals surface area contributed by atoms with Crippen LogP contribution in [0.2, 0.25) is 0 Å². The minimum Gasteiger partial charge on any atom is -0.496 e. The summed E-state index contributed by atoms with van der Waals surface area (Å²) in [5.41, 5.74) is 2.93. The van der Waals surface area contributed by atoms with E-state index in [1.54, 1.807) is 20.4 Å². The van der Waals surface area contributed by atoms with E-state index in [9.17, 15) is 0 Å². The molecule has 0 unspecified atom stereocenters. The topological polar surface area (TPSA) is 44.2 Å². The van der Waals surface area contributed by atoms with Gasteiger partial charge in [0.15, 0.2) is 0 Å². The number of nitrogens with zero attached hydrogens (tertiary/aromatic N) is 2.